The molecule has 0 unspecified atom stereocenters. The third-order valence-corrected chi connectivity index (χ3v) is 2.65. The number of alkyl halides is 3. The van der Waals surface area contributed by atoms with Gasteiger partial charge in [-0.2, -0.15) is 13.2 Å². The highest BCUT2D eigenvalue weighted by molar-refractivity contribution is 5.94. The average Bonchev–Trinajstić information content (AvgIpc) is 2.88. The van der Waals surface area contributed by atoms with Crippen molar-refractivity contribution in [3.63, 3.8) is 0 Å². The molecule has 0 bridgehead atoms. The van der Waals surface area contributed by atoms with Gasteiger partial charge in [-0.25, -0.2) is 4.39 Å². The molecule has 1 aromatic heterocycles. The molecule has 1 amide bonds. The Balaban J connectivity index is 2.16. The van der Waals surface area contributed by atoms with Gasteiger partial charge in [-0.1, -0.05) is 0 Å². The molecule has 0 radical (unpaired) electrons. The number of hydrogen-bond acceptors (Lipinski definition) is 1. The van der Waals surface area contributed by atoms with Crippen LogP contribution in [0.3, 0.4) is 0 Å². The highest BCUT2D eigenvalue weighted by atomic mass is 19.4. The van der Waals surface area contributed by atoms with Crippen LogP contribution in [0.4, 0.5) is 17.6 Å². The van der Waals surface area contributed by atoms with Gasteiger partial charge in [-0.05, 0) is 29.8 Å². The van der Waals surface area contributed by atoms with Crippen LogP contribution in [0.2, 0.25) is 0 Å². The van der Waals surface area contributed by atoms with Crippen LogP contribution >= 0.6 is 0 Å². The summed E-state index contributed by atoms with van der Waals surface area (Å²) in [4.78, 5) is 14.5. The van der Waals surface area contributed by atoms with Crippen molar-refractivity contribution in [3.05, 3.63) is 59.2 Å². The van der Waals surface area contributed by atoms with E-state index in [-0.39, 0.29) is 6.54 Å². The number of rotatable bonds is 3. The normalized spacial score (nSPS) is 11.4. The minimum absolute atomic E-state index is 0.0953. The first kappa shape index (κ1) is 14.1. The molecule has 0 atom stereocenters. The van der Waals surface area contributed by atoms with Crippen LogP contribution in [-0.4, -0.2) is 10.9 Å². The summed E-state index contributed by atoms with van der Waals surface area (Å²) in [6.07, 6.45) is -1.38. The van der Waals surface area contributed by atoms with Gasteiger partial charge >= 0.3 is 6.18 Å². The fourth-order valence-corrected chi connectivity index (χ4v) is 1.62. The summed E-state index contributed by atoms with van der Waals surface area (Å²) in [5.41, 5.74) is -0.966. The van der Waals surface area contributed by atoms with Crippen molar-refractivity contribution in [1.82, 2.24) is 10.3 Å². The summed E-state index contributed by atoms with van der Waals surface area (Å²) >= 11 is 0. The maximum absolute atomic E-state index is 13.4. The number of halogens is 4. The zero-order chi connectivity index (χ0) is 14.8. The first-order valence-corrected chi connectivity index (χ1v) is 5.64. The molecule has 0 aliphatic rings. The first-order valence-electron chi connectivity index (χ1n) is 5.64. The van der Waals surface area contributed by atoms with Gasteiger partial charge < -0.3 is 10.3 Å². The van der Waals surface area contributed by atoms with Crippen LogP contribution in [0.1, 0.15) is 21.5 Å². The Morgan fingerprint density at radius 1 is 1.25 bits per heavy atom. The Labute approximate surface area is 111 Å². The molecule has 2 N–H and O–H groups in total. The second-order valence-electron chi connectivity index (χ2n) is 4.09. The fourth-order valence-electron chi connectivity index (χ4n) is 1.62. The summed E-state index contributed by atoms with van der Waals surface area (Å²) in [6.45, 7) is 0.0953. The van der Waals surface area contributed by atoms with E-state index in [9.17, 15) is 22.4 Å². The van der Waals surface area contributed by atoms with Gasteiger partial charge in [0.05, 0.1) is 11.1 Å². The van der Waals surface area contributed by atoms with E-state index >= 15 is 0 Å². The molecule has 1 heterocycles. The van der Waals surface area contributed by atoms with Crippen molar-refractivity contribution in [3.8, 4) is 0 Å². The molecule has 0 fully saturated rings. The number of carbonyl (C=O) groups is 1. The standard InChI is InChI=1S/C13H10F4N2O/c14-11-2-1-9(13(15,16)17)5-10(11)12(20)19-7-8-3-4-18-6-8/h1-6,18H,7H2,(H,19,20). The van der Waals surface area contributed by atoms with Crippen LogP contribution in [0.25, 0.3) is 0 Å². The number of H-pyrrole nitrogens is 1. The Kier molecular flexibility index (Phi) is 3.78. The predicted molar refractivity (Wildman–Crippen MR) is 63.4 cm³/mol. The molecule has 2 aromatic rings. The summed E-state index contributed by atoms with van der Waals surface area (Å²) in [5.74, 6) is -1.89. The molecule has 2 rings (SSSR count). The summed E-state index contributed by atoms with van der Waals surface area (Å²) in [7, 11) is 0. The molecule has 0 spiro atoms. The summed E-state index contributed by atoms with van der Waals surface area (Å²) < 4.78 is 51.0. The van der Waals surface area contributed by atoms with E-state index in [0.29, 0.717) is 18.2 Å². The van der Waals surface area contributed by atoms with Crippen LogP contribution < -0.4 is 5.32 Å². The highest BCUT2D eigenvalue weighted by Gasteiger charge is 2.31. The van der Waals surface area contributed by atoms with E-state index in [0.717, 1.165) is 5.56 Å². The Hall–Kier alpha value is -2.31. The first-order chi connectivity index (χ1) is 9.38. The second kappa shape index (κ2) is 5.36. The summed E-state index contributed by atoms with van der Waals surface area (Å²) in [5, 5.41) is 2.35. The van der Waals surface area contributed by atoms with Gasteiger partial charge in [0.15, 0.2) is 0 Å². The molecule has 0 aliphatic heterocycles. The second-order valence-corrected chi connectivity index (χ2v) is 4.09. The van der Waals surface area contributed by atoms with Crippen LogP contribution in [0.5, 0.6) is 0 Å². The minimum atomic E-state index is -4.62. The topological polar surface area (TPSA) is 44.9 Å². The number of hydrogen-bond donors (Lipinski definition) is 2. The largest absolute Gasteiger partial charge is 0.416 e. The molecule has 1 aromatic carbocycles. The van der Waals surface area contributed by atoms with E-state index in [1.54, 1.807) is 18.5 Å². The Morgan fingerprint density at radius 2 is 2.00 bits per heavy atom. The fraction of sp³-hybridized carbons (Fsp3) is 0.154. The van der Waals surface area contributed by atoms with Crippen LogP contribution in [-0.2, 0) is 12.7 Å². The predicted octanol–water partition coefficient (Wildman–Crippen LogP) is 3.10. The number of nitrogens with one attached hydrogen (secondary N) is 2. The quantitative estimate of drug-likeness (QED) is 0.837. The van der Waals surface area contributed by atoms with Crippen molar-refractivity contribution >= 4 is 5.91 Å². The maximum Gasteiger partial charge on any atom is 0.416 e. The third kappa shape index (κ3) is 3.17. The monoisotopic (exact) mass is 286 g/mol. The maximum atomic E-state index is 13.4. The van der Waals surface area contributed by atoms with Gasteiger partial charge in [0, 0.05) is 18.9 Å². The number of benzene rings is 1. The van der Waals surface area contributed by atoms with Crippen LogP contribution in [0, 0.1) is 5.82 Å². The zero-order valence-corrected chi connectivity index (χ0v) is 10.1. The molecule has 0 aliphatic carbocycles. The number of aromatic amines is 1. The van der Waals surface area contributed by atoms with Gasteiger partial charge in [0.2, 0.25) is 0 Å². The van der Waals surface area contributed by atoms with Gasteiger partial charge in [-0.3, -0.25) is 4.79 Å². The van der Waals surface area contributed by atoms with E-state index in [1.807, 2.05) is 0 Å². The molecule has 106 valence electrons. The molecule has 0 saturated heterocycles. The van der Waals surface area contributed by atoms with E-state index < -0.39 is 29.0 Å². The van der Waals surface area contributed by atoms with Gasteiger partial charge in [-0.15, -0.1) is 0 Å². The van der Waals surface area contributed by atoms with Crippen LogP contribution in [0.15, 0.2) is 36.7 Å². The third-order valence-electron chi connectivity index (χ3n) is 2.65. The minimum Gasteiger partial charge on any atom is -0.367 e. The zero-order valence-electron chi connectivity index (χ0n) is 10.1. The van der Waals surface area contributed by atoms with Crippen molar-refractivity contribution in [1.29, 1.82) is 0 Å². The van der Waals surface area contributed by atoms with E-state index in [1.165, 1.54) is 0 Å². The average molecular weight is 286 g/mol. The number of aromatic nitrogens is 1. The number of carbonyl (C=O) groups excluding carboxylic acids is 1. The van der Waals surface area contributed by atoms with Crippen molar-refractivity contribution in [2.75, 3.05) is 0 Å². The lowest BCUT2D eigenvalue weighted by Crippen LogP contribution is -2.24. The Morgan fingerprint density at radius 3 is 2.60 bits per heavy atom. The molecular weight excluding hydrogens is 276 g/mol. The smallest absolute Gasteiger partial charge is 0.367 e. The highest BCUT2D eigenvalue weighted by Crippen LogP contribution is 2.30. The lowest BCUT2D eigenvalue weighted by molar-refractivity contribution is -0.137. The molecule has 3 nitrogen and oxygen atoms in total. The molecule has 7 heteroatoms. The van der Waals surface area contributed by atoms with Gasteiger partial charge in [0.25, 0.3) is 5.91 Å². The SMILES string of the molecule is O=C(NCc1cc[nH]c1)c1cc(C(F)(F)F)ccc1F. The van der Waals surface area contributed by atoms with Crippen molar-refractivity contribution < 1.29 is 22.4 Å². The lowest BCUT2D eigenvalue weighted by Gasteiger charge is -2.10. The van der Waals surface area contributed by atoms with Crippen molar-refractivity contribution in [2.45, 2.75) is 12.7 Å². The number of amides is 1. The molecule has 20 heavy (non-hydrogen) atoms. The Bertz CT molecular complexity index is 605. The lowest BCUT2D eigenvalue weighted by atomic mass is 10.1. The van der Waals surface area contributed by atoms with E-state index in [2.05, 4.69) is 10.3 Å². The van der Waals surface area contributed by atoms with Gasteiger partial charge in [0.1, 0.15) is 5.82 Å². The molecular formula is C13H10F4N2O. The summed E-state index contributed by atoms with van der Waals surface area (Å²) in [6, 6.07) is 3.41. The molecule has 0 saturated carbocycles. The van der Waals surface area contributed by atoms with E-state index in [4.69, 9.17) is 0 Å². The van der Waals surface area contributed by atoms with Crippen molar-refractivity contribution in [2.24, 2.45) is 0 Å².